The Morgan fingerprint density at radius 2 is 2.31 bits per heavy atom. The third-order valence-electron chi connectivity index (χ3n) is 2.76. The van der Waals surface area contributed by atoms with Crippen molar-refractivity contribution in [1.82, 2.24) is 0 Å². The molecule has 1 unspecified atom stereocenters. The summed E-state index contributed by atoms with van der Waals surface area (Å²) in [6.07, 6.45) is 6.42. The third kappa shape index (κ3) is 1.64. The van der Waals surface area contributed by atoms with Gasteiger partial charge in [-0.15, -0.1) is 0 Å². The molecule has 2 aliphatic rings. The number of hydrogen-bond donors (Lipinski definition) is 2. The minimum Gasteiger partial charge on any atom is -0.497 e. The minimum absolute atomic E-state index is 0.108. The van der Waals surface area contributed by atoms with Crippen LogP contribution in [-0.2, 0) is 4.74 Å². The Kier molecular flexibility index (Phi) is 2.42. The van der Waals surface area contributed by atoms with Crippen molar-refractivity contribution in [3.63, 3.8) is 0 Å². The normalized spacial score (nSPS) is 26.8. The Labute approximate surface area is 77.9 Å². The average molecular weight is 180 g/mol. The Morgan fingerprint density at radius 3 is 3.08 bits per heavy atom. The van der Waals surface area contributed by atoms with Crippen LogP contribution in [0.25, 0.3) is 0 Å². The van der Waals surface area contributed by atoms with Crippen LogP contribution >= 0.6 is 0 Å². The van der Waals surface area contributed by atoms with Crippen molar-refractivity contribution >= 4 is 7.12 Å². The molecule has 0 aromatic rings. The highest BCUT2D eigenvalue weighted by molar-refractivity contribution is 6.44. The molecule has 13 heavy (non-hydrogen) atoms. The van der Waals surface area contributed by atoms with Gasteiger partial charge in [0, 0.05) is 5.82 Å². The van der Waals surface area contributed by atoms with Gasteiger partial charge in [-0.2, -0.15) is 0 Å². The molecule has 1 aliphatic carbocycles. The molecule has 0 bridgehead atoms. The molecule has 70 valence electrons. The number of hydrogen-bond acceptors (Lipinski definition) is 3. The van der Waals surface area contributed by atoms with E-state index in [9.17, 15) is 0 Å². The van der Waals surface area contributed by atoms with Gasteiger partial charge in [-0.3, -0.25) is 0 Å². The second kappa shape index (κ2) is 3.56. The van der Waals surface area contributed by atoms with E-state index in [0.29, 0.717) is 6.61 Å². The molecule has 0 saturated carbocycles. The summed E-state index contributed by atoms with van der Waals surface area (Å²) in [5.74, 6) is -0.108. The maximum atomic E-state index is 9.16. The maximum Gasteiger partial charge on any atom is 0.459 e. The standard InChI is InChI=1S/C9H13BO3/c11-10(12)9-3-1-2-7-6-13-5-4-8(7)9/h4-5,9,11-12H,1-3,6H2. The molecular weight excluding hydrogens is 167 g/mol. The van der Waals surface area contributed by atoms with Crippen molar-refractivity contribution in [3.8, 4) is 0 Å². The molecule has 0 aromatic heterocycles. The summed E-state index contributed by atoms with van der Waals surface area (Å²) in [7, 11) is -1.23. The fourth-order valence-corrected chi connectivity index (χ4v) is 2.07. The Morgan fingerprint density at radius 1 is 1.46 bits per heavy atom. The van der Waals surface area contributed by atoms with Crippen LogP contribution in [0, 0.1) is 0 Å². The second-order valence-electron chi connectivity index (χ2n) is 3.58. The lowest BCUT2D eigenvalue weighted by atomic mass is 9.62. The lowest BCUT2D eigenvalue weighted by Crippen LogP contribution is -2.26. The highest BCUT2D eigenvalue weighted by Crippen LogP contribution is 2.37. The van der Waals surface area contributed by atoms with Crippen molar-refractivity contribution in [3.05, 3.63) is 23.5 Å². The van der Waals surface area contributed by atoms with Gasteiger partial charge in [-0.05, 0) is 36.5 Å². The lowest BCUT2D eigenvalue weighted by molar-refractivity contribution is 0.264. The van der Waals surface area contributed by atoms with Gasteiger partial charge in [0.15, 0.2) is 0 Å². The van der Waals surface area contributed by atoms with Gasteiger partial charge < -0.3 is 14.8 Å². The van der Waals surface area contributed by atoms with Gasteiger partial charge in [0.1, 0.15) is 6.61 Å². The molecule has 0 radical (unpaired) electrons. The highest BCUT2D eigenvalue weighted by atomic mass is 16.5. The molecular formula is C9H13BO3. The minimum atomic E-state index is -1.23. The van der Waals surface area contributed by atoms with E-state index in [-0.39, 0.29) is 5.82 Å². The van der Waals surface area contributed by atoms with Crippen molar-refractivity contribution < 1.29 is 14.8 Å². The predicted octanol–water partition coefficient (Wildman–Crippen LogP) is 0.854. The summed E-state index contributed by atoms with van der Waals surface area (Å²) in [6, 6.07) is 0. The first-order chi connectivity index (χ1) is 6.29. The van der Waals surface area contributed by atoms with Crippen LogP contribution in [0.15, 0.2) is 23.5 Å². The molecule has 3 nitrogen and oxygen atoms in total. The molecule has 1 aliphatic heterocycles. The number of allylic oxidation sites excluding steroid dienone is 2. The van der Waals surface area contributed by atoms with E-state index in [1.54, 1.807) is 6.26 Å². The summed E-state index contributed by atoms with van der Waals surface area (Å²) in [5, 5.41) is 18.3. The van der Waals surface area contributed by atoms with Crippen molar-refractivity contribution in [2.75, 3.05) is 6.61 Å². The fraction of sp³-hybridized carbons (Fsp3) is 0.556. The zero-order chi connectivity index (χ0) is 9.26. The molecule has 0 fully saturated rings. The van der Waals surface area contributed by atoms with Gasteiger partial charge in [-0.25, -0.2) is 0 Å². The van der Waals surface area contributed by atoms with E-state index in [1.807, 2.05) is 6.08 Å². The molecule has 0 spiro atoms. The SMILES string of the molecule is OB(O)C1CCCC2=C1C=COC2. The number of ether oxygens (including phenoxy) is 1. The summed E-state index contributed by atoms with van der Waals surface area (Å²) in [4.78, 5) is 0. The molecule has 4 heteroatoms. The molecule has 0 amide bonds. The molecule has 2 N–H and O–H groups in total. The smallest absolute Gasteiger partial charge is 0.459 e. The Balaban J connectivity index is 2.25. The second-order valence-corrected chi connectivity index (χ2v) is 3.58. The van der Waals surface area contributed by atoms with Crippen molar-refractivity contribution in [2.45, 2.75) is 25.1 Å². The molecule has 1 atom stereocenters. The van der Waals surface area contributed by atoms with Crippen LogP contribution < -0.4 is 0 Å². The molecule has 2 rings (SSSR count). The van der Waals surface area contributed by atoms with Crippen LogP contribution in [-0.4, -0.2) is 23.8 Å². The maximum absolute atomic E-state index is 9.16. The first kappa shape index (κ1) is 8.85. The van der Waals surface area contributed by atoms with Gasteiger partial charge >= 0.3 is 7.12 Å². The van der Waals surface area contributed by atoms with Crippen LogP contribution in [0.3, 0.4) is 0 Å². The average Bonchev–Trinajstić information content (AvgIpc) is 2.17. The quantitative estimate of drug-likeness (QED) is 0.588. The zero-order valence-corrected chi connectivity index (χ0v) is 7.44. The number of rotatable bonds is 1. The highest BCUT2D eigenvalue weighted by Gasteiger charge is 2.31. The zero-order valence-electron chi connectivity index (χ0n) is 7.44. The predicted molar refractivity (Wildman–Crippen MR) is 49.9 cm³/mol. The van der Waals surface area contributed by atoms with Gasteiger partial charge in [0.05, 0.1) is 6.26 Å². The third-order valence-corrected chi connectivity index (χ3v) is 2.76. The van der Waals surface area contributed by atoms with Crippen molar-refractivity contribution in [1.29, 1.82) is 0 Å². The van der Waals surface area contributed by atoms with Crippen LogP contribution in [0.5, 0.6) is 0 Å². The first-order valence-corrected chi connectivity index (χ1v) is 4.65. The monoisotopic (exact) mass is 180 g/mol. The van der Waals surface area contributed by atoms with E-state index >= 15 is 0 Å². The van der Waals surface area contributed by atoms with E-state index in [0.717, 1.165) is 24.8 Å². The first-order valence-electron chi connectivity index (χ1n) is 4.65. The van der Waals surface area contributed by atoms with E-state index in [4.69, 9.17) is 14.8 Å². The van der Waals surface area contributed by atoms with E-state index in [1.165, 1.54) is 5.57 Å². The Bertz CT molecular complexity index is 258. The van der Waals surface area contributed by atoms with Crippen LogP contribution in [0.1, 0.15) is 19.3 Å². The fourth-order valence-electron chi connectivity index (χ4n) is 2.07. The molecule has 0 saturated heterocycles. The molecule has 0 aromatic carbocycles. The van der Waals surface area contributed by atoms with Gasteiger partial charge in [0.2, 0.25) is 0 Å². The molecule has 1 heterocycles. The largest absolute Gasteiger partial charge is 0.497 e. The topological polar surface area (TPSA) is 49.7 Å². The summed E-state index contributed by atoms with van der Waals surface area (Å²) < 4.78 is 5.17. The van der Waals surface area contributed by atoms with Crippen LogP contribution in [0.4, 0.5) is 0 Å². The van der Waals surface area contributed by atoms with Crippen molar-refractivity contribution in [2.24, 2.45) is 0 Å². The summed E-state index contributed by atoms with van der Waals surface area (Å²) >= 11 is 0. The van der Waals surface area contributed by atoms with E-state index < -0.39 is 7.12 Å². The van der Waals surface area contributed by atoms with Crippen LogP contribution in [0.2, 0.25) is 5.82 Å². The summed E-state index contributed by atoms with van der Waals surface area (Å²) in [5.41, 5.74) is 2.30. The van der Waals surface area contributed by atoms with Gasteiger partial charge in [0.25, 0.3) is 0 Å². The van der Waals surface area contributed by atoms with Gasteiger partial charge in [-0.1, -0.05) is 0 Å². The lowest BCUT2D eigenvalue weighted by Gasteiger charge is -2.28. The summed E-state index contributed by atoms with van der Waals surface area (Å²) in [6.45, 7) is 0.620. The Hall–Kier alpha value is -0.735. The van der Waals surface area contributed by atoms with E-state index in [2.05, 4.69) is 0 Å².